The molecule has 1 aliphatic heterocycles. The predicted molar refractivity (Wildman–Crippen MR) is 75.7 cm³/mol. The van der Waals surface area contributed by atoms with Crippen LogP contribution in [0.25, 0.3) is 0 Å². The molecule has 2 N–H and O–H groups in total. The van der Waals surface area contributed by atoms with Crippen LogP contribution in [-0.4, -0.2) is 48.9 Å². The fourth-order valence-corrected chi connectivity index (χ4v) is 2.02. The van der Waals surface area contributed by atoms with Crippen molar-refractivity contribution in [3.8, 4) is 0 Å². The fourth-order valence-electron chi connectivity index (χ4n) is 2.02. The number of amides is 2. The van der Waals surface area contributed by atoms with Gasteiger partial charge in [-0.1, -0.05) is 20.8 Å². The van der Waals surface area contributed by atoms with E-state index in [2.05, 4.69) is 17.6 Å². The second kappa shape index (κ2) is 6.89. The number of carbonyl (C=O) groups is 2. The Morgan fingerprint density at radius 1 is 1.37 bits per heavy atom. The first-order valence-electron chi connectivity index (χ1n) is 7.10. The average molecular weight is 269 g/mol. The van der Waals surface area contributed by atoms with Crippen LogP contribution in [0.3, 0.4) is 0 Å². The maximum atomic E-state index is 12.0. The predicted octanol–water partition coefficient (Wildman–Crippen LogP) is 0.749. The van der Waals surface area contributed by atoms with Crippen LogP contribution in [0.15, 0.2) is 0 Å². The van der Waals surface area contributed by atoms with Crippen LogP contribution in [-0.2, 0) is 9.59 Å². The van der Waals surface area contributed by atoms with E-state index in [1.54, 1.807) is 0 Å². The van der Waals surface area contributed by atoms with Gasteiger partial charge in [-0.2, -0.15) is 0 Å². The lowest BCUT2D eigenvalue weighted by Gasteiger charge is -2.32. The summed E-state index contributed by atoms with van der Waals surface area (Å²) in [4.78, 5) is 25.5. The van der Waals surface area contributed by atoms with Crippen molar-refractivity contribution in [1.29, 1.82) is 0 Å². The molecule has 5 nitrogen and oxygen atoms in total. The Morgan fingerprint density at radius 2 is 2.05 bits per heavy atom. The van der Waals surface area contributed by atoms with Gasteiger partial charge < -0.3 is 15.5 Å². The highest BCUT2D eigenvalue weighted by atomic mass is 16.2. The van der Waals surface area contributed by atoms with Gasteiger partial charge >= 0.3 is 0 Å². The topological polar surface area (TPSA) is 61.4 Å². The highest BCUT2D eigenvalue weighted by molar-refractivity contribution is 5.81. The van der Waals surface area contributed by atoms with Gasteiger partial charge in [0.25, 0.3) is 0 Å². The van der Waals surface area contributed by atoms with E-state index in [0.717, 1.165) is 19.6 Å². The molecule has 1 atom stereocenters. The Kier molecular flexibility index (Phi) is 5.79. The Bertz CT molecular complexity index is 323. The molecule has 1 saturated heterocycles. The third-order valence-corrected chi connectivity index (χ3v) is 3.26. The van der Waals surface area contributed by atoms with E-state index >= 15 is 0 Å². The zero-order valence-electron chi connectivity index (χ0n) is 12.6. The number of rotatable bonds is 4. The van der Waals surface area contributed by atoms with Gasteiger partial charge in [0.1, 0.15) is 0 Å². The van der Waals surface area contributed by atoms with Crippen molar-refractivity contribution in [2.45, 2.75) is 46.6 Å². The minimum atomic E-state index is -0.363. The summed E-state index contributed by atoms with van der Waals surface area (Å²) >= 11 is 0. The lowest BCUT2D eigenvalue weighted by atomic mass is 9.96. The van der Waals surface area contributed by atoms with Gasteiger partial charge in [0.2, 0.25) is 11.8 Å². The first-order valence-corrected chi connectivity index (χ1v) is 7.10. The first kappa shape index (κ1) is 16.0. The molecule has 0 aromatic rings. The summed E-state index contributed by atoms with van der Waals surface area (Å²) in [6.07, 6.45) is 1.22. The molecule has 1 heterocycles. The largest absolute Gasteiger partial charge is 0.356 e. The number of piperazine rings is 1. The quantitative estimate of drug-likeness (QED) is 0.740. The van der Waals surface area contributed by atoms with Crippen LogP contribution < -0.4 is 10.6 Å². The van der Waals surface area contributed by atoms with Gasteiger partial charge in [-0.15, -0.1) is 0 Å². The van der Waals surface area contributed by atoms with E-state index in [9.17, 15) is 9.59 Å². The van der Waals surface area contributed by atoms with Gasteiger partial charge in [-0.25, -0.2) is 0 Å². The smallest absolute Gasteiger partial charge is 0.225 e. The zero-order chi connectivity index (χ0) is 14.5. The maximum Gasteiger partial charge on any atom is 0.225 e. The number of hydrogen-bond acceptors (Lipinski definition) is 3. The lowest BCUT2D eigenvalue weighted by molar-refractivity contribution is -0.133. The number of nitrogens with one attached hydrogen (secondary N) is 2. The molecule has 1 fully saturated rings. The van der Waals surface area contributed by atoms with Crippen LogP contribution >= 0.6 is 0 Å². The van der Waals surface area contributed by atoms with E-state index in [-0.39, 0.29) is 17.2 Å². The molecule has 5 heteroatoms. The van der Waals surface area contributed by atoms with E-state index < -0.39 is 0 Å². The Morgan fingerprint density at radius 3 is 2.63 bits per heavy atom. The lowest BCUT2D eigenvalue weighted by Crippen LogP contribution is -2.51. The van der Waals surface area contributed by atoms with Gasteiger partial charge in [0, 0.05) is 44.1 Å². The van der Waals surface area contributed by atoms with Gasteiger partial charge in [-0.05, 0) is 13.3 Å². The highest BCUT2D eigenvalue weighted by Crippen LogP contribution is 2.12. The molecular formula is C14H27N3O2. The number of hydrogen-bond donors (Lipinski definition) is 2. The monoisotopic (exact) mass is 269 g/mol. The molecule has 0 radical (unpaired) electrons. The SMILES string of the molecule is CC1CN(C(=O)CCCNC(=O)C(C)(C)C)CCN1. The summed E-state index contributed by atoms with van der Waals surface area (Å²) in [7, 11) is 0. The summed E-state index contributed by atoms with van der Waals surface area (Å²) < 4.78 is 0. The molecule has 0 aromatic heterocycles. The molecule has 19 heavy (non-hydrogen) atoms. The molecule has 1 rings (SSSR count). The molecule has 1 unspecified atom stereocenters. The first-order chi connectivity index (χ1) is 8.80. The van der Waals surface area contributed by atoms with Crippen molar-refractivity contribution in [1.82, 2.24) is 15.5 Å². The van der Waals surface area contributed by atoms with Crippen molar-refractivity contribution < 1.29 is 9.59 Å². The number of nitrogens with zero attached hydrogens (tertiary/aromatic N) is 1. The van der Waals surface area contributed by atoms with E-state index in [1.807, 2.05) is 25.7 Å². The average Bonchev–Trinajstić information content (AvgIpc) is 2.32. The van der Waals surface area contributed by atoms with E-state index in [0.29, 0.717) is 25.4 Å². The van der Waals surface area contributed by atoms with E-state index in [1.165, 1.54) is 0 Å². The Labute approximate surface area is 116 Å². The molecule has 0 aliphatic carbocycles. The fraction of sp³-hybridized carbons (Fsp3) is 0.857. The molecule has 0 aromatic carbocycles. The highest BCUT2D eigenvalue weighted by Gasteiger charge is 2.21. The van der Waals surface area contributed by atoms with Crippen molar-refractivity contribution in [2.24, 2.45) is 5.41 Å². The van der Waals surface area contributed by atoms with Crippen molar-refractivity contribution in [2.75, 3.05) is 26.2 Å². The second-order valence-corrected chi connectivity index (χ2v) is 6.30. The summed E-state index contributed by atoms with van der Waals surface area (Å²) in [6.45, 7) is 10.8. The van der Waals surface area contributed by atoms with Crippen LogP contribution in [0.2, 0.25) is 0 Å². The maximum absolute atomic E-state index is 12.0. The minimum Gasteiger partial charge on any atom is -0.356 e. The third-order valence-electron chi connectivity index (χ3n) is 3.26. The normalized spacial score (nSPS) is 20.2. The van der Waals surface area contributed by atoms with Crippen LogP contribution in [0.4, 0.5) is 0 Å². The van der Waals surface area contributed by atoms with E-state index in [4.69, 9.17) is 0 Å². The minimum absolute atomic E-state index is 0.0377. The zero-order valence-corrected chi connectivity index (χ0v) is 12.6. The van der Waals surface area contributed by atoms with Crippen molar-refractivity contribution in [3.05, 3.63) is 0 Å². The van der Waals surface area contributed by atoms with Crippen LogP contribution in [0.1, 0.15) is 40.5 Å². The molecule has 0 spiro atoms. The molecule has 0 bridgehead atoms. The summed E-state index contributed by atoms with van der Waals surface area (Å²) in [6, 6.07) is 0.373. The summed E-state index contributed by atoms with van der Waals surface area (Å²) in [5.74, 6) is 0.231. The Hall–Kier alpha value is -1.10. The summed E-state index contributed by atoms with van der Waals surface area (Å²) in [5, 5.41) is 6.18. The van der Waals surface area contributed by atoms with Crippen LogP contribution in [0.5, 0.6) is 0 Å². The molecule has 2 amide bonds. The van der Waals surface area contributed by atoms with Gasteiger partial charge in [-0.3, -0.25) is 9.59 Å². The number of carbonyl (C=O) groups excluding carboxylic acids is 2. The van der Waals surface area contributed by atoms with Crippen molar-refractivity contribution >= 4 is 11.8 Å². The van der Waals surface area contributed by atoms with Gasteiger partial charge in [0.05, 0.1) is 0 Å². The molecule has 1 aliphatic rings. The molecule has 0 saturated carbocycles. The Balaban J connectivity index is 2.19. The standard InChI is InChI=1S/C14H27N3O2/c1-11-10-17(9-8-15-11)12(18)6-5-7-16-13(19)14(2,3)4/h11,15H,5-10H2,1-4H3,(H,16,19). The second-order valence-electron chi connectivity index (χ2n) is 6.30. The van der Waals surface area contributed by atoms with Crippen molar-refractivity contribution in [3.63, 3.8) is 0 Å². The molecule has 110 valence electrons. The summed E-state index contributed by atoms with van der Waals surface area (Å²) in [5.41, 5.74) is -0.363. The molecular weight excluding hydrogens is 242 g/mol. The third kappa shape index (κ3) is 5.59. The van der Waals surface area contributed by atoms with Gasteiger partial charge in [0.15, 0.2) is 0 Å². The van der Waals surface area contributed by atoms with Crippen LogP contribution in [0, 0.1) is 5.41 Å².